The summed E-state index contributed by atoms with van der Waals surface area (Å²) in [4.78, 5) is 2.53. The van der Waals surface area contributed by atoms with Crippen molar-refractivity contribution in [2.45, 2.75) is 31.3 Å². The van der Waals surface area contributed by atoms with Gasteiger partial charge < -0.3 is 9.47 Å². The molecular formula is C18H23B2NO. The van der Waals surface area contributed by atoms with Crippen molar-refractivity contribution < 1.29 is 4.65 Å². The SMILES string of the molecule is B.CB1OC(c2ccccc2)(c2ccccc2)C2CCCN12. The minimum atomic E-state index is -0.321. The number of hydrogen-bond donors (Lipinski definition) is 0. The van der Waals surface area contributed by atoms with Crippen molar-refractivity contribution in [2.24, 2.45) is 0 Å². The van der Waals surface area contributed by atoms with Crippen LogP contribution < -0.4 is 0 Å². The van der Waals surface area contributed by atoms with E-state index in [1.807, 2.05) is 0 Å². The zero-order valence-corrected chi connectivity index (χ0v) is 12.4. The molecule has 0 aromatic heterocycles. The van der Waals surface area contributed by atoms with E-state index in [-0.39, 0.29) is 21.1 Å². The molecule has 2 aliphatic rings. The normalized spacial score (nSPS) is 23.1. The molecule has 0 amide bonds. The Bertz CT molecular complexity index is 580. The predicted molar refractivity (Wildman–Crippen MR) is 96.0 cm³/mol. The lowest BCUT2D eigenvalue weighted by molar-refractivity contribution is 0.106. The van der Waals surface area contributed by atoms with Crippen molar-refractivity contribution in [3.8, 4) is 0 Å². The molecule has 22 heavy (non-hydrogen) atoms. The zero-order valence-electron chi connectivity index (χ0n) is 12.4. The molecule has 1 atom stereocenters. The third-order valence-electron chi connectivity index (χ3n) is 4.99. The minimum absolute atomic E-state index is 0. The summed E-state index contributed by atoms with van der Waals surface area (Å²) in [5.41, 5.74) is 2.23. The summed E-state index contributed by atoms with van der Waals surface area (Å²) < 4.78 is 6.61. The Morgan fingerprint density at radius 2 is 1.55 bits per heavy atom. The number of nitrogens with zero attached hydrogens (tertiary/aromatic N) is 1. The highest BCUT2D eigenvalue weighted by molar-refractivity contribution is 6.48. The monoisotopic (exact) mass is 291 g/mol. The Balaban J connectivity index is 0.00000144. The number of benzene rings is 2. The molecule has 4 rings (SSSR count). The molecule has 2 fully saturated rings. The maximum absolute atomic E-state index is 6.61. The molecule has 4 heteroatoms. The minimum Gasteiger partial charge on any atom is -0.406 e. The lowest BCUT2D eigenvalue weighted by Gasteiger charge is -2.36. The summed E-state index contributed by atoms with van der Waals surface area (Å²) >= 11 is 0. The summed E-state index contributed by atoms with van der Waals surface area (Å²) in [5, 5.41) is 0. The molecule has 2 nitrogen and oxygen atoms in total. The number of rotatable bonds is 2. The van der Waals surface area contributed by atoms with Gasteiger partial charge in [-0.1, -0.05) is 60.7 Å². The fourth-order valence-electron chi connectivity index (χ4n) is 4.14. The lowest BCUT2D eigenvalue weighted by atomic mass is 9.79. The first-order valence-corrected chi connectivity index (χ1v) is 7.87. The van der Waals surface area contributed by atoms with Crippen LogP contribution in [0.4, 0.5) is 0 Å². The van der Waals surface area contributed by atoms with Gasteiger partial charge in [0.2, 0.25) is 0 Å². The van der Waals surface area contributed by atoms with Crippen molar-refractivity contribution in [2.75, 3.05) is 6.54 Å². The third-order valence-corrected chi connectivity index (χ3v) is 4.99. The van der Waals surface area contributed by atoms with E-state index in [9.17, 15) is 0 Å². The van der Waals surface area contributed by atoms with Crippen LogP contribution >= 0.6 is 0 Å². The fraction of sp³-hybridized carbons (Fsp3) is 0.333. The smallest absolute Gasteiger partial charge is 0.380 e. The van der Waals surface area contributed by atoms with Gasteiger partial charge in [0.05, 0.1) is 8.41 Å². The Hall–Kier alpha value is -1.51. The largest absolute Gasteiger partial charge is 0.406 e. The molecule has 0 N–H and O–H groups in total. The van der Waals surface area contributed by atoms with E-state index in [4.69, 9.17) is 4.65 Å². The molecule has 2 aromatic carbocycles. The molecule has 0 spiro atoms. The Labute approximate surface area is 135 Å². The zero-order chi connectivity index (χ0) is 14.3. The molecular weight excluding hydrogens is 268 g/mol. The van der Waals surface area contributed by atoms with Gasteiger partial charge in [0.1, 0.15) is 5.60 Å². The molecule has 112 valence electrons. The van der Waals surface area contributed by atoms with Crippen LogP contribution in [0.3, 0.4) is 0 Å². The van der Waals surface area contributed by atoms with Gasteiger partial charge in [-0.2, -0.15) is 0 Å². The second-order valence-corrected chi connectivity index (χ2v) is 6.08. The first kappa shape index (κ1) is 15.4. The topological polar surface area (TPSA) is 12.5 Å². The Morgan fingerprint density at radius 3 is 2.09 bits per heavy atom. The Morgan fingerprint density at radius 1 is 1.00 bits per heavy atom. The summed E-state index contributed by atoms with van der Waals surface area (Å²) in [5.74, 6) is 0. The van der Waals surface area contributed by atoms with Crippen LogP contribution in [0.25, 0.3) is 0 Å². The van der Waals surface area contributed by atoms with Gasteiger partial charge in [0, 0.05) is 6.04 Å². The van der Waals surface area contributed by atoms with Crippen LogP contribution in [0.15, 0.2) is 60.7 Å². The quantitative estimate of drug-likeness (QED) is 0.788. The van der Waals surface area contributed by atoms with Gasteiger partial charge in [-0.3, -0.25) is 0 Å². The second-order valence-electron chi connectivity index (χ2n) is 6.08. The molecule has 2 aromatic rings. The van der Waals surface area contributed by atoms with Gasteiger partial charge >= 0.3 is 7.05 Å². The summed E-state index contributed by atoms with van der Waals surface area (Å²) in [6.45, 7) is 3.33. The molecule has 0 aliphatic carbocycles. The van der Waals surface area contributed by atoms with Crippen LogP contribution in [-0.4, -0.2) is 32.9 Å². The van der Waals surface area contributed by atoms with E-state index in [1.165, 1.54) is 24.0 Å². The van der Waals surface area contributed by atoms with Gasteiger partial charge in [-0.15, -0.1) is 0 Å². The van der Waals surface area contributed by atoms with E-state index >= 15 is 0 Å². The van der Waals surface area contributed by atoms with Gasteiger partial charge in [-0.05, 0) is 37.3 Å². The highest BCUT2D eigenvalue weighted by Gasteiger charge is 2.56. The predicted octanol–water partition coefficient (Wildman–Crippen LogP) is 2.36. The van der Waals surface area contributed by atoms with Gasteiger partial charge in [0.25, 0.3) is 0 Å². The van der Waals surface area contributed by atoms with Crippen molar-refractivity contribution in [3.63, 3.8) is 0 Å². The fourth-order valence-corrected chi connectivity index (χ4v) is 4.14. The highest BCUT2D eigenvalue weighted by Crippen LogP contribution is 2.48. The van der Waals surface area contributed by atoms with Crippen LogP contribution in [0.2, 0.25) is 6.82 Å². The average Bonchev–Trinajstić information content (AvgIpc) is 3.13. The van der Waals surface area contributed by atoms with E-state index in [0.717, 1.165) is 6.54 Å². The maximum Gasteiger partial charge on any atom is 0.380 e. The van der Waals surface area contributed by atoms with Crippen LogP contribution in [0.5, 0.6) is 0 Å². The van der Waals surface area contributed by atoms with Crippen LogP contribution in [0, 0.1) is 0 Å². The van der Waals surface area contributed by atoms with Crippen LogP contribution in [-0.2, 0) is 10.3 Å². The van der Waals surface area contributed by atoms with E-state index in [2.05, 4.69) is 72.3 Å². The van der Waals surface area contributed by atoms with Gasteiger partial charge in [0.15, 0.2) is 0 Å². The Kier molecular flexibility index (Phi) is 4.16. The van der Waals surface area contributed by atoms with Crippen molar-refractivity contribution in [1.29, 1.82) is 0 Å². The number of hydrogen-bond acceptors (Lipinski definition) is 2. The van der Waals surface area contributed by atoms with Crippen molar-refractivity contribution in [3.05, 3.63) is 71.8 Å². The van der Waals surface area contributed by atoms with E-state index < -0.39 is 0 Å². The van der Waals surface area contributed by atoms with Gasteiger partial charge in [-0.25, -0.2) is 0 Å². The molecule has 2 saturated heterocycles. The molecule has 0 saturated carbocycles. The standard InChI is InChI=1S/C18H20BNO.BH3/c1-19-20-14-8-13-17(20)18(21-19,15-9-4-2-5-10-15)16-11-6-3-7-12-16;/h2-7,9-12,17H,8,13-14H2,1H3;1H3. The summed E-state index contributed by atoms with van der Waals surface area (Å²) in [7, 11) is 0.179. The second kappa shape index (κ2) is 5.94. The van der Waals surface area contributed by atoms with Crippen LogP contribution in [0.1, 0.15) is 24.0 Å². The van der Waals surface area contributed by atoms with E-state index in [0.29, 0.717) is 6.04 Å². The molecule has 0 radical (unpaired) electrons. The molecule has 2 aliphatic heterocycles. The first-order valence-electron chi connectivity index (χ1n) is 7.87. The van der Waals surface area contributed by atoms with Crippen molar-refractivity contribution >= 4 is 15.5 Å². The molecule has 1 unspecified atom stereocenters. The highest BCUT2D eigenvalue weighted by atomic mass is 16.5. The van der Waals surface area contributed by atoms with E-state index in [1.54, 1.807) is 0 Å². The molecule has 2 heterocycles. The molecule has 0 bridgehead atoms. The maximum atomic E-state index is 6.61. The lowest BCUT2D eigenvalue weighted by Crippen LogP contribution is -2.41. The first-order chi connectivity index (χ1) is 10.3. The number of fused-ring (bicyclic) bond motifs is 1. The third kappa shape index (κ3) is 2.13. The summed E-state index contributed by atoms with van der Waals surface area (Å²) in [6, 6.07) is 21.9. The average molecular weight is 291 g/mol. The van der Waals surface area contributed by atoms with Crippen molar-refractivity contribution in [1.82, 2.24) is 4.81 Å². The summed E-state index contributed by atoms with van der Waals surface area (Å²) in [6.07, 6.45) is 2.47.